The van der Waals surface area contributed by atoms with E-state index in [0.29, 0.717) is 12.2 Å². The number of benzene rings is 1. The molecule has 5 heteroatoms. The molecule has 120 valence electrons. The van der Waals surface area contributed by atoms with E-state index in [0.717, 1.165) is 41.3 Å². The van der Waals surface area contributed by atoms with Gasteiger partial charge in [-0.05, 0) is 31.5 Å². The van der Waals surface area contributed by atoms with Gasteiger partial charge in [-0.15, -0.1) is 0 Å². The van der Waals surface area contributed by atoms with Gasteiger partial charge in [-0.1, -0.05) is 31.9 Å². The number of hydrogen-bond acceptors (Lipinski definition) is 3. The second kappa shape index (κ2) is 6.36. The van der Waals surface area contributed by atoms with Crippen molar-refractivity contribution in [3.8, 4) is 0 Å². The molecule has 1 aromatic carbocycles. The lowest BCUT2D eigenvalue weighted by atomic mass is 10.1. The summed E-state index contributed by atoms with van der Waals surface area (Å²) in [4.78, 5) is 16.6. The van der Waals surface area contributed by atoms with Crippen molar-refractivity contribution in [1.29, 1.82) is 0 Å². The Bertz CT molecular complexity index is 866. The van der Waals surface area contributed by atoms with Crippen molar-refractivity contribution in [1.82, 2.24) is 14.8 Å². The number of hydrogen-bond donors (Lipinski definition) is 1. The van der Waals surface area contributed by atoms with E-state index in [1.807, 2.05) is 17.7 Å². The molecule has 0 spiro atoms. The zero-order chi connectivity index (χ0) is 16.4. The van der Waals surface area contributed by atoms with Crippen molar-refractivity contribution >= 4 is 33.7 Å². The lowest BCUT2D eigenvalue weighted by molar-refractivity contribution is -0.115. The van der Waals surface area contributed by atoms with Gasteiger partial charge in [0.1, 0.15) is 0 Å². The largest absolute Gasteiger partial charge is 0.309 e. The maximum Gasteiger partial charge on any atom is 0.225 e. The van der Waals surface area contributed by atoms with E-state index < -0.39 is 0 Å². The summed E-state index contributed by atoms with van der Waals surface area (Å²) in [6.07, 6.45) is 2.56. The standard InChI is InChI=1S/C18H22N4O/c1-4-6-9-22-18-14(17(21-22)20-16(23)5-2)11-13-10-12(3)7-8-15(13)19-18/h7-8,10-11H,4-6,9H2,1-3H3,(H,20,21,23). The van der Waals surface area contributed by atoms with E-state index in [1.54, 1.807) is 0 Å². The summed E-state index contributed by atoms with van der Waals surface area (Å²) in [7, 11) is 0. The minimum Gasteiger partial charge on any atom is -0.309 e. The Kier molecular flexibility index (Phi) is 4.28. The fourth-order valence-corrected chi connectivity index (χ4v) is 2.66. The average molecular weight is 310 g/mol. The highest BCUT2D eigenvalue weighted by molar-refractivity contribution is 6.02. The quantitative estimate of drug-likeness (QED) is 0.773. The van der Waals surface area contributed by atoms with Crippen LogP contribution in [-0.2, 0) is 11.3 Å². The molecule has 0 saturated carbocycles. The molecule has 5 nitrogen and oxygen atoms in total. The first-order valence-corrected chi connectivity index (χ1v) is 8.20. The molecular weight excluding hydrogens is 288 g/mol. The minimum absolute atomic E-state index is 0.0311. The normalized spacial score (nSPS) is 11.3. The van der Waals surface area contributed by atoms with Crippen molar-refractivity contribution in [3.63, 3.8) is 0 Å². The molecule has 3 aromatic rings. The third kappa shape index (κ3) is 3.04. The monoisotopic (exact) mass is 310 g/mol. The van der Waals surface area contributed by atoms with E-state index in [2.05, 4.69) is 42.5 Å². The first kappa shape index (κ1) is 15.5. The zero-order valence-corrected chi connectivity index (χ0v) is 13.9. The van der Waals surface area contributed by atoms with Gasteiger partial charge in [-0.3, -0.25) is 4.79 Å². The first-order valence-electron chi connectivity index (χ1n) is 8.20. The van der Waals surface area contributed by atoms with Crippen molar-refractivity contribution in [2.45, 2.75) is 46.6 Å². The summed E-state index contributed by atoms with van der Waals surface area (Å²) in [5, 5.41) is 9.46. The van der Waals surface area contributed by atoms with Crippen LogP contribution in [0.4, 0.5) is 5.82 Å². The molecule has 0 aliphatic heterocycles. The van der Waals surface area contributed by atoms with Crippen LogP contribution in [0.25, 0.3) is 21.9 Å². The van der Waals surface area contributed by atoms with Crippen LogP contribution in [0.5, 0.6) is 0 Å². The van der Waals surface area contributed by atoms with Crippen LogP contribution in [-0.4, -0.2) is 20.7 Å². The van der Waals surface area contributed by atoms with E-state index in [-0.39, 0.29) is 5.91 Å². The number of aryl methyl sites for hydroxylation is 2. The molecule has 0 aliphatic rings. The van der Waals surface area contributed by atoms with Crippen molar-refractivity contribution in [2.75, 3.05) is 5.32 Å². The Morgan fingerprint density at radius 1 is 1.26 bits per heavy atom. The Morgan fingerprint density at radius 3 is 2.83 bits per heavy atom. The molecule has 0 atom stereocenters. The van der Waals surface area contributed by atoms with Crippen molar-refractivity contribution in [3.05, 3.63) is 29.8 Å². The molecule has 1 amide bonds. The molecule has 0 fully saturated rings. The van der Waals surface area contributed by atoms with Gasteiger partial charge in [0, 0.05) is 18.4 Å². The molecule has 2 heterocycles. The molecule has 1 N–H and O–H groups in total. The van der Waals surface area contributed by atoms with Gasteiger partial charge in [-0.25, -0.2) is 9.67 Å². The van der Waals surface area contributed by atoms with Crippen LogP contribution in [0.3, 0.4) is 0 Å². The molecule has 0 bridgehead atoms. The van der Waals surface area contributed by atoms with Gasteiger partial charge in [-0.2, -0.15) is 5.10 Å². The van der Waals surface area contributed by atoms with Crippen LogP contribution >= 0.6 is 0 Å². The van der Waals surface area contributed by atoms with Gasteiger partial charge in [0.05, 0.1) is 10.9 Å². The number of carbonyl (C=O) groups is 1. The Morgan fingerprint density at radius 2 is 2.09 bits per heavy atom. The lowest BCUT2D eigenvalue weighted by Gasteiger charge is -2.03. The van der Waals surface area contributed by atoms with Crippen LogP contribution < -0.4 is 5.32 Å². The van der Waals surface area contributed by atoms with Crippen molar-refractivity contribution < 1.29 is 4.79 Å². The maximum absolute atomic E-state index is 11.8. The minimum atomic E-state index is -0.0311. The molecule has 0 aliphatic carbocycles. The third-order valence-corrected chi connectivity index (χ3v) is 3.97. The predicted octanol–water partition coefficient (Wildman–Crippen LogP) is 4.04. The van der Waals surface area contributed by atoms with E-state index in [9.17, 15) is 4.79 Å². The number of nitrogens with one attached hydrogen (secondary N) is 1. The maximum atomic E-state index is 11.8. The fraction of sp³-hybridized carbons (Fsp3) is 0.389. The van der Waals surface area contributed by atoms with Gasteiger partial charge < -0.3 is 5.32 Å². The summed E-state index contributed by atoms with van der Waals surface area (Å²) >= 11 is 0. The molecule has 23 heavy (non-hydrogen) atoms. The first-order chi connectivity index (χ1) is 11.1. The highest BCUT2D eigenvalue weighted by Crippen LogP contribution is 2.27. The molecular formula is C18H22N4O. The van der Waals surface area contributed by atoms with Crippen molar-refractivity contribution in [2.24, 2.45) is 0 Å². The number of unbranched alkanes of at least 4 members (excludes halogenated alkanes) is 1. The smallest absolute Gasteiger partial charge is 0.225 e. The van der Waals surface area contributed by atoms with Gasteiger partial charge >= 0.3 is 0 Å². The SMILES string of the molecule is CCCCn1nc(NC(=O)CC)c2cc3cc(C)ccc3nc21. The third-order valence-electron chi connectivity index (χ3n) is 3.97. The summed E-state index contributed by atoms with van der Waals surface area (Å²) < 4.78 is 1.91. The van der Waals surface area contributed by atoms with Crippen LogP contribution in [0.2, 0.25) is 0 Å². The average Bonchev–Trinajstić information content (AvgIpc) is 2.87. The van der Waals surface area contributed by atoms with E-state index in [1.165, 1.54) is 5.56 Å². The highest BCUT2D eigenvalue weighted by Gasteiger charge is 2.14. The lowest BCUT2D eigenvalue weighted by Crippen LogP contribution is -2.10. The van der Waals surface area contributed by atoms with Crippen LogP contribution in [0.1, 0.15) is 38.7 Å². The Balaban J connectivity index is 2.18. The summed E-state index contributed by atoms with van der Waals surface area (Å²) in [5.41, 5.74) is 2.98. The van der Waals surface area contributed by atoms with E-state index >= 15 is 0 Å². The summed E-state index contributed by atoms with van der Waals surface area (Å²) in [5.74, 6) is 0.579. The molecule has 0 radical (unpaired) electrons. The predicted molar refractivity (Wildman–Crippen MR) is 93.6 cm³/mol. The summed E-state index contributed by atoms with van der Waals surface area (Å²) in [6, 6.07) is 8.28. The second-order valence-corrected chi connectivity index (χ2v) is 5.88. The number of anilines is 1. The fourth-order valence-electron chi connectivity index (χ4n) is 2.66. The number of pyridine rings is 1. The molecule has 0 unspecified atom stereocenters. The second-order valence-electron chi connectivity index (χ2n) is 5.88. The van der Waals surface area contributed by atoms with Gasteiger partial charge in [0.25, 0.3) is 0 Å². The molecule has 2 aromatic heterocycles. The molecule has 3 rings (SSSR count). The topological polar surface area (TPSA) is 59.8 Å². The number of fused-ring (bicyclic) bond motifs is 2. The van der Waals surface area contributed by atoms with E-state index in [4.69, 9.17) is 4.98 Å². The van der Waals surface area contributed by atoms with Crippen LogP contribution in [0.15, 0.2) is 24.3 Å². The number of aromatic nitrogens is 3. The Hall–Kier alpha value is -2.43. The number of nitrogens with zero attached hydrogens (tertiary/aromatic N) is 3. The number of carbonyl (C=O) groups excluding carboxylic acids is 1. The highest BCUT2D eigenvalue weighted by atomic mass is 16.1. The van der Waals surface area contributed by atoms with Gasteiger partial charge in [0.15, 0.2) is 11.5 Å². The Labute approximate surface area is 135 Å². The number of rotatable bonds is 5. The van der Waals surface area contributed by atoms with Crippen LogP contribution in [0, 0.1) is 6.92 Å². The zero-order valence-electron chi connectivity index (χ0n) is 13.9. The number of amides is 1. The van der Waals surface area contributed by atoms with Gasteiger partial charge in [0.2, 0.25) is 5.91 Å². The molecule has 0 saturated heterocycles. The summed E-state index contributed by atoms with van der Waals surface area (Å²) in [6.45, 7) is 6.85.